The minimum atomic E-state index is -1.21. The van der Waals surface area contributed by atoms with Gasteiger partial charge in [0.2, 0.25) is 0 Å². The number of hydrogen-bond donors (Lipinski definition) is 2. The molecule has 0 saturated heterocycles. The van der Waals surface area contributed by atoms with Gasteiger partial charge in [-0.05, 0) is 6.07 Å². The Morgan fingerprint density at radius 2 is 2.19 bits per heavy atom. The van der Waals surface area contributed by atoms with Crippen LogP contribution in [0, 0.1) is 0 Å². The molecule has 0 fully saturated rings. The number of nitrogens with two attached hydrogens (primary N) is 1. The molecule has 2 heterocycles. The summed E-state index contributed by atoms with van der Waals surface area (Å²) >= 11 is 0. The number of carbonyl (C=O) groups is 2. The highest BCUT2D eigenvalue weighted by Crippen LogP contribution is 2.07. The SMILES string of the molecule is NC(=O)c1ccn(-c2nc(C(=O)O)co2)n1. The molecule has 0 unspecified atom stereocenters. The third-order valence-electron chi connectivity index (χ3n) is 1.75. The van der Waals surface area contributed by atoms with Crippen molar-refractivity contribution < 1.29 is 19.1 Å². The lowest BCUT2D eigenvalue weighted by molar-refractivity contribution is 0.0690. The standard InChI is InChI=1S/C8H6N4O4/c9-6(13)4-1-2-12(11-4)8-10-5(3-16-8)7(14)15/h1-3H,(H2,9,13)(H,14,15). The Kier molecular flexibility index (Phi) is 2.16. The molecule has 0 spiro atoms. The van der Waals surface area contributed by atoms with E-state index in [4.69, 9.17) is 15.3 Å². The van der Waals surface area contributed by atoms with Gasteiger partial charge in [0.05, 0.1) is 0 Å². The molecule has 2 aromatic heterocycles. The normalized spacial score (nSPS) is 10.2. The van der Waals surface area contributed by atoms with Crippen LogP contribution >= 0.6 is 0 Å². The van der Waals surface area contributed by atoms with Crippen LogP contribution in [0.4, 0.5) is 0 Å². The summed E-state index contributed by atoms with van der Waals surface area (Å²) < 4.78 is 5.98. The highest BCUT2D eigenvalue weighted by Gasteiger charge is 2.13. The fourth-order valence-corrected chi connectivity index (χ4v) is 1.03. The van der Waals surface area contributed by atoms with Crippen molar-refractivity contribution in [2.24, 2.45) is 5.73 Å². The number of primary amides is 1. The van der Waals surface area contributed by atoms with E-state index >= 15 is 0 Å². The number of carboxylic acids is 1. The molecule has 0 aliphatic carbocycles. The van der Waals surface area contributed by atoms with Crippen LogP contribution in [-0.2, 0) is 0 Å². The first-order chi connectivity index (χ1) is 7.58. The lowest BCUT2D eigenvalue weighted by Gasteiger charge is -1.91. The molecular weight excluding hydrogens is 216 g/mol. The largest absolute Gasteiger partial charge is 0.476 e. The highest BCUT2D eigenvalue weighted by atomic mass is 16.4. The van der Waals surface area contributed by atoms with Gasteiger partial charge in [-0.1, -0.05) is 0 Å². The van der Waals surface area contributed by atoms with E-state index in [2.05, 4.69) is 10.1 Å². The molecule has 2 rings (SSSR count). The third-order valence-corrected chi connectivity index (χ3v) is 1.75. The van der Waals surface area contributed by atoms with Crippen LogP contribution in [0.3, 0.4) is 0 Å². The number of carboxylic acid groups (broad SMARTS) is 1. The predicted molar refractivity (Wildman–Crippen MR) is 49.1 cm³/mol. The molecule has 0 bridgehead atoms. The zero-order chi connectivity index (χ0) is 11.7. The number of aromatic nitrogens is 3. The van der Waals surface area contributed by atoms with Crippen LogP contribution in [0.5, 0.6) is 0 Å². The lowest BCUT2D eigenvalue weighted by atomic mass is 10.4. The minimum Gasteiger partial charge on any atom is -0.476 e. The molecule has 16 heavy (non-hydrogen) atoms. The first-order valence-corrected chi connectivity index (χ1v) is 4.12. The minimum absolute atomic E-state index is 0.0371. The van der Waals surface area contributed by atoms with Crippen LogP contribution in [-0.4, -0.2) is 31.7 Å². The Morgan fingerprint density at radius 1 is 1.44 bits per heavy atom. The number of rotatable bonds is 3. The number of hydrogen-bond acceptors (Lipinski definition) is 5. The van der Waals surface area contributed by atoms with Crippen LogP contribution in [0.2, 0.25) is 0 Å². The molecule has 0 atom stereocenters. The summed E-state index contributed by atoms with van der Waals surface area (Å²) in [5.74, 6) is -1.90. The van der Waals surface area contributed by atoms with Crippen molar-refractivity contribution in [1.29, 1.82) is 0 Å². The van der Waals surface area contributed by atoms with E-state index in [9.17, 15) is 9.59 Å². The van der Waals surface area contributed by atoms with Crippen molar-refractivity contribution >= 4 is 11.9 Å². The Hall–Kier alpha value is -2.64. The predicted octanol–water partition coefficient (Wildman–Crippen LogP) is -0.343. The number of amides is 1. The van der Waals surface area contributed by atoms with E-state index in [1.54, 1.807) is 0 Å². The zero-order valence-corrected chi connectivity index (χ0v) is 7.82. The van der Waals surface area contributed by atoms with Gasteiger partial charge in [-0.2, -0.15) is 14.8 Å². The lowest BCUT2D eigenvalue weighted by Crippen LogP contribution is -2.12. The van der Waals surface area contributed by atoms with Gasteiger partial charge in [0.25, 0.3) is 5.91 Å². The fourth-order valence-electron chi connectivity index (χ4n) is 1.03. The third kappa shape index (κ3) is 1.63. The molecule has 8 heteroatoms. The highest BCUT2D eigenvalue weighted by molar-refractivity contribution is 5.90. The summed E-state index contributed by atoms with van der Waals surface area (Å²) in [6.45, 7) is 0. The van der Waals surface area contributed by atoms with Crippen molar-refractivity contribution in [3.05, 3.63) is 29.9 Å². The Bertz CT molecular complexity index is 506. The molecule has 0 aliphatic rings. The maximum absolute atomic E-state index is 10.8. The second kappa shape index (κ2) is 3.50. The van der Waals surface area contributed by atoms with E-state index in [1.165, 1.54) is 12.3 Å². The summed E-state index contributed by atoms with van der Waals surface area (Å²) in [4.78, 5) is 24.9. The molecule has 0 saturated carbocycles. The van der Waals surface area contributed by atoms with Gasteiger partial charge in [-0.15, -0.1) is 0 Å². The van der Waals surface area contributed by atoms with Gasteiger partial charge in [0.15, 0.2) is 11.4 Å². The van der Waals surface area contributed by atoms with Crippen molar-refractivity contribution in [3.8, 4) is 6.01 Å². The first kappa shape index (κ1) is 9.90. The van der Waals surface area contributed by atoms with Gasteiger partial charge >= 0.3 is 12.0 Å². The van der Waals surface area contributed by atoms with E-state index in [1.807, 2.05) is 0 Å². The number of nitrogens with zero attached hydrogens (tertiary/aromatic N) is 3. The van der Waals surface area contributed by atoms with Crippen molar-refractivity contribution in [2.75, 3.05) is 0 Å². The van der Waals surface area contributed by atoms with Crippen LogP contribution in [0.15, 0.2) is 22.9 Å². The topological polar surface area (TPSA) is 124 Å². The van der Waals surface area contributed by atoms with E-state index in [-0.39, 0.29) is 17.4 Å². The quantitative estimate of drug-likeness (QED) is 0.731. The summed E-state index contributed by atoms with van der Waals surface area (Å²) in [5.41, 5.74) is 4.79. The molecule has 0 radical (unpaired) electrons. The molecule has 82 valence electrons. The average molecular weight is 222 g/mol. The maximum Gasteiger partial charge on any atom is 0.357 e. The van der Waals surface area contributed by atoms with Crippen molar-refractivity contribution in [2.45, 2.75) is 0 Å². The van der Waals surface area contributed by atoms with E-state index in [0.717, 1.165) is 10.9 Å². The van der Waals surface area contributed by atoms with Crippen LogP contribution in [0.1, 0.15) is 21.0 Å². The van der Waals surface area contributed by atoms with Gasteiger partial charge in [-0.25, -0.2) is 4.79 Å². The average Bonchev–Trinajstić information content (AvgIpc) is 2.86. The summed E-state index contributed by atoms with van der Waals surface area (Å²) in [6, 6.07) is 1.32. The number of oxazole rings is 1. The summed E-state index contributed by atoms with van der Waals surface area (Å²) in [5, 5.41) is 12.4. The molecule has 2 aromatic rings. The molecule has 0 aliphatic heterocycles. The Balaban J connectivity index is 2.35. The Labute approximate surface area is 88.3 Å². The van der Waals surface area contributed by atoms with Gasteiger partial charge in [0.1, 0.15) is 6.26 Å². The van der Waals surface area contributed by atoms with E-state index in [0.29, 0.717) is 0 Å². The van der Waals surface area contributed by atoms with Gasteiger partial charge < -0.3 is 15.3 Å². The van der Waals surface area contributed by atoms with Crippen LogP contribution in [0.25, 0.3) is 6.01 Å². The first-order valence-electron chi connectivity index (χ1n) is 4.12. The molecule has 0 aromatic carbocycles. The molecular formula is C8H6N4O4. The monoisotopic (exact) mass is 222 g/mol. The second-order valence-corrected chi connectivity index (χ2v) is 2.83. The van der Waals surface area contributed by atoms with Gasteiger partial charge in [-0.3, -0.25) is 4.79 Å². The van der Waals surface area contributed by atoms with Gasteiger partial charge in [0, 0.05) is 6.20 Å². The summed E-state index contributed by atoms with van der Waals surface area (Å²) in [6.07, 6.45) is 2.36. The summed E-state index contributed by atoms with van der Waals surface area (Å²) in [7, 11) is 0. The molecule has 8 nitrogen and oxygen atoms in total. The van der Waals surface area contributed by atoms with Crippen molar-refractivity contribution in [1.82, 2.24) is 14.8 Å². The zero-order valence-electron chi connectivity index (χ0n) is 7.82. The number of aromatic carboxylic acids is 1. The number of carbonyl (C=O) groups excluding carboxylic acids is 1. The second-order valence-electron chi connectivity index (χ2n) is 2.83. The van der Waals surface area contributed by atoms with Crippen molar-refractivity contribution in [3.63, 3.8) is 0 Å². The van der Waals surface area contributed by atoms with E-state index < -0.39 is 11.9 Å². The Morgan fingerprint density at radius 3 is 2.69 bits per heavy atom. The molecule has 1 amide bonds. The molecule has 3 N–H and O–H groups in total. The fraction of sp³-hybridized carbons (Fsp3) is 0. The van der Waals surface area contributed by atoms with Crippen LogP contribution < -0.4 is 5.73 Å². The maximum atomic E-state index is 10.8. The smallest absolute Gasteiger partial charge is 0.357 e.